The van der Waals surface area contributed by atoms with Gasteiger partial charge in [0.1, 0.15) is 5.58 Å². The minimum atomic E-state index is 0.876. The van der Waals surface area contributed by atoms with Crippen LogP contribution in [0.1, 0.15) is 0 Å². The fourth-order valence-corrected chi connectivity index (χ4v) is 7.65. The first-order chi connectivity index (χ1) is 25.8. The molecule has 8 aromatic carbocycles. The van der Waals surface area contributed by atoms with E-state index >= 15 is 0 Å². The number of hydrogen-bond donors (Lipinski definition) is 0. The lowest BCUT2D eigenvalue weighted by atomic mass is 10.1. The second-order valence-electron chi connectivity index (χ2n) is 13.0. The summed E-state index contributed by atoms with van der Waals surface area (Å²) in [6.45, 7) is 0. The molecule has 0 aliphatic carbocycles. The zero-order chi connectivity index (χ0) is 34.4. The molecule has 0 aliphatic heterocycles. The maximum absolute atomic E-state index is 6.62. The lowest BCUT2D eigenvalue weighted by Crippen LogP contribution is -2.09. The number of anilines is 6. The van der Waals surface area contributed by atoms with E-state index in [9.17, 15) is 0 Å². The number of nitrogens with zero attached hydrogens (tertiary/aromatic N) is 3. The SMILES string of the molecule is c1ccc(N(c2ccccc2)c2ccc3c(c2)c2cc(N(c4ccccc4)c4ccccc4)ccc2n3-c2cccc3c2oc2ccccc23)cc1. The van der Waals surface area contributed by atoms with Crippen LogP contribution in [0.2, 0.25) is 0 Å². The summed E-state index contributed by atoms with van der Waals surface area (Å²) in [4.78, 5) is 4.65. The van der Waals surface area contributed by atoms with E-state index in [1.165, 1.54) is 0 Å². The zero-order valence-corrected chi connectivity index (χ0v) is 28.3. The molecule has 0 N–H and O–H groups in total. The smallest absolute Gasteiger partial charge is 0.159 e. The Balaban J connectivity index is 1.27. The van der Waals surface area contributed by atoms with Gasteiger partial charge in [-0.05, 0) is 97.1 Å². The van der Waals surface area contributed by atoms with Gasteiger partial charge in [0.15, 0.2) is 5.58 Å². The molecule has 52 heavy (non-hydrogen) atoms. The Hall–Kier alpha value is -7.04. The van der Waals surface area contributed by atoms with Crippen molar-refractivity contribution in [2.24, 2.45) is 0 Å². The molecule has 0 aliphatic rings. The molecule has 0 amide bonds. The van der Waals surface area contributed by atoms with Crippen LogP contribution >= 0.6 is 0 Å². The van der Waals surface area contributed by atoms with Crippen LogP contribution in [0.4, 0.5) is 34.1 Å². The van der Waals surface area contributed by atoms with Gasteiger partial charge in [-0.1, -0.05) is 103 Å². The van der Waals surface area contributed by atoms with Crippen molar-refractivity contribution >= 4 is 77.9 Å². The summed E-state index contributed by atoms with van der Waals surface area (Å²) >= 11 is 0. The van der Waals surface area contributed by atoms with Crippen molar-refractivity contribution in [1.29, 1.82) is 0 Å². The predicted octanol–water partition coefficient (Wildman–Crippen LogP) is 13.6. The molecular formula is C48H33N3O. The first-order valence-electron chi connectivity index (χ1n) is 17.6. The van der Waals surface area contributed by atoms with Crippen molar-refractivity contribution < 1.29 is 4.42 Å². The van der Waals surface area contributed by atoms with Crippen LogP contribution in [0.25, 0.3) is 49.4 Å². The van der Waals surface area contributed by atoms with Crippen molar-refractivity contribution in [2.75, 3.05) is 9.80 Å². The maximum atomic E-state index is 6.62. The Kier molecular flexibility index (Phi) is 7.10. The quantitative estimate of drug-likeness (QED) is 0.169. The van der Waals surface area contributed by atoms with E-state index in [0.717, 1.165) is 83.6 Å². The fourth-order valence-electron chi connectivity index (χ4n) is 7.65. The Morgan fingerprint density at radius 2 is 0.750 bits per heavy atom. The highest BCUT2D eigenvalue weighted by molar-refractivity contribution is 6.14. The van der Waals surface area contributed by atoms with Gasteiger partial charge in [-0.2, -0.15) is 0 Å². The van der Waals surface area contributed by atoms with Gasteiger partial charge >= 0.3 is 0 Å². The Bertz CT molecular complexity index is 2620. The molecule has 0 unspecified atom stereocenters. The molecule has 0 fully saturated rings. The number of benzene rings is 8. The van der Waals surface area contributed by atoms with E-state index < -0.39 is 0 Å². The summed E-state index contributed by atoms with van der Waals surface area (Å²) in [6.07, 6.45) is 0. The highest BCUT2D eigenvalue weighted by Crippen LogP contribution is 2.44. The molecule has 0 saturated heterocycles. The van der Waals surface area contributed by atoms with Crippen LogP contribution in [0, 0.1) is 0 Å². The molecule has 0 radical (unpaired) electrons. The predicted molar refractivity (Wildman–Crippen MR) is 217 cm³/mol. The van der Waals surface area contributed by atoms with Gasteiger partial charge in [-0.15, -0.1) is 0 Å². The van der Waals surface area contributed by atoms with Crippen molar-refractivity contribution in [3.8, 4) is 5.69 Å². The average molecular weight is 668 g/mol. The molecule has 10 aromatic rings. The molecule has 2 aromatic heterocycles. The maximum Gasteiger partial charge on any atom is 0.159 e. The second kappa shape index (κ2) is 12.4. The van der Waals surface area contributed by atoms with E-state index in [0.29, 0.717) is 0 Å². The van der Waals surface area contributed by atoms with Crippen molar-refractivity contribution in [2.45, 2.75) is 0 Å². The van der Waals surface area contributed by atoms with E-state index in [4.69, 9.17) is 4.42 Å². The summed E-state index contributed by atoms with van der Waals surface area (Å²) in [7, 11) is 0. The van der Waals surface area contributed by atoms with Crippen LogP contribution < -0.4 is 9.80 Å². The lowest BCUT2D eigenvalue weighted by Gasteiger charge is -2.26. The lowest BCUT2D eigenvalue weighted by molar-refractivity contribution is 0.666. The Morgan fingerprint density at radius 1 is 0.327 bits per heavy atom. The van der Waals surface area contributed by atoms with Crippen LogP contribution in [-0.2, 0) is 0 Å². The van der Waals surface area contributed by atoms with Crippen molar-refractivity contribution in [3.05, 3.63) is 200 Å². The molecule has 4 heteroatoms. The number of rotatable bonds is 7. The fraction of sp³-hybridized carbons (Fsp3) is 0. The number of aromatic nitrogens is 1. The third kappa shape index (κ3) is 4.92. The summed E-state index contributed by atoms with van der Waals surface area (Å²) < 4.78 is 8.99. The summed E-state index contributed by atoms with van der Waals surface area (Å²) in [5.41, 5.74) is 11.6. The molecular weight excluding hydrogens is 635 g/mol. The van der Waals surface area contributed by atoms with Crippen molar-refractivity contribution in [1.82, 2.24) is 4.57 Å². The number of furan rings is 1. The molecule has 0 atom stereocenters. The molecule has 246 valence electrons. The number of hydrogen-bond acceptors (Lipinski definition) is 3. The number of para-hydroxylation sites is 6. The third-order valence-corrected chi connectivity index (χ3v) is 9.93. The molecule has 2 heterocycles. The minimum absolute atomic E-state index is 0.876. The van der Waals surface area contributed by atoms with E-state index in [1.54, 1.807) is 0 Å². The van der Waals surface area contributed by atoms with Crippen molar-refractivity contribution in [3.63, 3.8) is 0 Å². The summed E-state index contributed by atoms with van der Waals surface area (Å²) in [5.74, 6) is 0. The topological polar surface area (TPSA) is 24.6 Å². The Morgan fingerprint density at radius 3 is 1.23 bits per heavy atom. The highest BCUT2D eigenvalue weighted by atomic mass is 16.3. The molecule has 10 rings (SSSR count). The monoisotopic (exact) mass is 667 g/mol. The first kappa shape index (κ1) is 29.8. The zero-order valence-electron chi connectivity index (χ0n) is 28.3. The van der Waals surface area contributed by atoms with Gasteiger partial charge in [0.2, 0.25) is 0 Å². The second-order valence-corrected chi connectivity index (χ2v) is 13.0. The summed E-state index contributed by atoms with van der Waals surface area (Å²) in [6, 6.07) is 70.8. The molecule has 0 saturated carbocycles. The van der Waals surface area contributed by atoms with Crippen LogP contribution in [0.5, 0.6) is 0 Å². The van der Waals surface area contributed by atoms with Crippen LogP contribution in [0.3, 0.4) is 0 Å². The van der Waals surface area contributed by atoms with E-state index in [2.05, 4.69) is 202 Å². The number of fused-ring (bicyclic) bond motifs is 6. The third-order valence-electron chi connectivity index (χ3n) is 9.93. The van der Waals surface area contributed by atoms with Gasteiger partial charge in [0, 0.05) is 55.7 Å². The van der Waals surface area contributed by atoms with Gasteiger partial charge in [-0.3, -0.25) is 0 Å². The van der Waals surface area contributed by atoms with Gasteiger partial charge in [-0.25, -0.2) is 0 Å². The van der Waals surface area contributed by atoms with E-state index in [1.807, 2.05) is 12.1 Å². The average Bonchev–Trinajstić information content (AvgIpc) is 3.75. The molecule has 0 bridgehead atoms. The van der Waals surface area contributed by atoms with Crippen LogP contribution in [0.15, 0.2) is 205 Å². The first-order valence-corrected chi connectivity index (χ1v) is 17.6. The highest BCUT2D eigenvalue weighted by Gasteiger charge is 2.22. The summed E-state index contributed by atoms with van der Waals surface area (Å²) in [5, 5.41) is 4.53. The minimum Gasteiger partial charge on any atom is -0.454 e. The standard InChI is InChI=1S/C48H33N3O/c1-5-16-34(17-6-1)49(35-18-7-2-8-19-35)38-28-30-44-42(32-38)43-33-39(50(36-20-9-3-10-21-36)37-22-11-4-12-23-37)29-31-45(43)51(44)46-26-15-25-41-40-24-13-14-27-47(40)52-48(41)46/h1-33H. The van der Waals surface area contributed by atoms with Gasteiger partial charge < -0.3 is 18.8 Å². The largest absolute Gasteiger partial charge is 0.454 e. The van der Waals surface area contributed by atoms with Gasteiger partial charge in [0.25, 0.3) is 0 Å². The van der Waals surface area contributed by atoms with Gasteiger partial charge in [0.05, 0.1) is 16.7 Å². The Labute approximate surface area is 301 Å². The van der Waals surface area contributed by atoms with E-state index in [-0.39, 0.29) is 0 Å². The normalized spacial score (nSPS) is 11.5. The molecule has 0 spiro atoms. The molecule has 4 nitrogen and oxygen atoms in total. The van der Waals surface area contributed by atoms with Crippen LogP contribution in [-0.4, -0.2) is 4.57 Å².